The van der Waals surface area contributed by atoms with Gasteiger partial charge in [0.1, 0.15) is 0 Å². The fourth-order valence-corrected chi connectivity index (χ4v) is 1.74. The maximum Gasteiger partial charge on any atom is 0.270 e. The summed E-state index contributed by atoms with van der Waals surface area (Å²) in [4.78, 5) is 10.0. The minimum absolute atomic E-state index is 0.0524. The van der Waals surface area contributed by atoms with Crippen LogP contribution in [0.5, 0.6) is 0 Å². The van der Waals surface area contributed by atoms with Crippen molar-refractivity contribution >= 4 is 21.6 Å². The summed E-state index contributed by atoms with van der Waals surface area (Å²) in [6.07, 6.45) is 0.779. The number of benzene rings is 1. The lowest BCUT2D eigenvalue weighted by atomic mass is 10.1. The van der Waals surface area contributed by atoms with Crippen LogP contribution in [0.1, 0.15) is 18.9 Å². The zero-order valence-electron chi connectivity index (χ0n) is 8.31. The Kier molecular flexibility index (Phi) is 4.23. The normalized spacial score (nSPS) is 12.5. The molecule has 1 rings (SSSR count). The van der Waals surface area contributed by atoms with Crippen LogP contribution in [0.2, 0.25) is 0 Å². The summed E-state index contributed by atoms with van der Waals surface area (Å²) in [5.41, 5.74) is 0.937. The average Bonchev–Trinajstić information content (AvgIpc) is 2.20. The summed E-state index contributed by atoms with van der Waals surface area (Å²) in [7, 11) is 0. The minimum Gasteiger partial charge on any atom is -0.393 e. The van der Waals surface area contributed by atoms with Crippen molar-refractivity contribution < 1.29 is 10.0 Å². The molecule has 1 aromatic carbocycles. The van der Waals surface area contributed by atoms with Gasteiger partial charge in [0, 0.05) is 16.6 Å². The Morgan fingerprint density at radius 1 is 1.60 bits per heavy atom. The van der Waals surface area contributed by atoms with Gasteiger partial charge in [-0.1, -0.05) is 28.9 Å². The number of aliphatic hydroxyl groups excluding tert-OH is 1. The van der Waals surface area contributed by atoms with Gasteiger partial charge in [0.25, 0.3) is 5.69 Å². The summed E-state index contributed by atoms with van der Waals surface area (Å²) in [5, 5.41) is 19.9. The van der Waals surface area contributed by atoms with Gasteiger partial charge >= 0.3 is 0 Å². The van der Waals surface area contributed by atoms with E-state index < -0.39 is 11.0 Å². The molecule has 82 valence electrons. The maximum absolute atomic E-state index is 10.5. The first-order valence-electron chi connectivity index (χ1n) is 4.65. The lowest BCUT2D eigenvalue weighted by molar-refractivity contribution is -0.384. The van der Waals surface area contributed by atoms with Gasteiger partial charge in [-0.2, -0.15) is 0 Å². The molecule has 4 nitrogen and oxygen atoms in total. The number of hydrogen-bond donors (Lipinski definition) is 1. The minimum atomic E-state index is -0.440. The van der Waals surface area contributed by atoms with Gasteiger partial charge in [-0.15, -0.1) is 0 Å². The van der Waals surface area contributed by atoms with Gasteiger partial charge in [0.2, 0.25) is 0 Å². The molecule has 0 aliphatic carbocycles. The van der Waals surface area contributed by atoms with Crippen LogP contribution in [-0.2, 0) is 6.42 Å². The van der Waals surface area contributed by atoms with Crippen molar-refractivity contribution in [2.45, 2.75) is 25.9 Å². The van der Waals surface area contributed by atoms with E-state index in [9.17, 15) is 15.2 Å². The second-order valence-electron chi connectivity index (χ2n) is 3.30. The molecule has 1 aromatic rings. The number of hydrogen-bond acceptors (Lipinski definition) is 3. The highest BCUT2D eigenvalue weighted by atomic mass is 79.9. The highest BCUT2D eigenvalue weighted by molar-refractivity contribution is 9.10. The molecule has 0 amide bonds. The number of rotatable bonds is 4. The van der Waals surface area contributed by atoms with E-state index in [1.807, 2.05) is 6.92 Å². The predicted octanol–water partition coefficient (Wildman–Crippen LogP) is 2.67. The standard InChI is InChI=1S/C10H12BrNO3/c1-2-9(13)5-7-3-4-8(12(14)15)6-10(7)11/h3-4,6,9,13H,2,5H2,1H3. The summed E-state index contributed by atoms with van der Waals surface area (Å²) in [5.74, 6) is 0. The van der Waals surface area contributed by atoms with E-state index in [0.29, 0.717) is 17.3 Å². The molecule has 0 aromatic heterocycles. The number of non-ortho nitro benzene ring substituents is 1. The van der Waals surface area contributed by atoms with E-state index >= 15 is 0 Å². The van der Waals surface area contributed by atoms with Crippen LogP contribution in [0.4, 0.5) is 5.69 Å². The second-order valence-corrected chi connectivity index (χ2v) is 4.15. The van der Waals surface area contributed by atoms with Gasteiger partial charge in [-0.25, -0.2) is 0 Å². The van der Waals surface area contributed by atoms with E-state index in [4.69, 9.17) is 0 Å². The highest BCUT2D eigenvalue weighted by Gasteiger charge is 2.11. The summed E-state index contributed by atoms with van der Waals surface area (Å²) in [6, 6.07) is 4.57. The van der Waals surface area contributed by atoms with Gasteiger partial charge in [0.15, 0.2) is 0 Å². The number of aliphatic hydroxyl groups is 1. The van der Waals surface area contributed by atoms with Crippen molar-refractivity contribution in [3.63, 3.8) is 0 Å². The maximum atomic E-state index is 10.5. The molecule has 0 fully saturated rings. The number of nitrogens with zero attached hydrogens (tertiary/aromatic N) is 1. The molecule has 0 saturated carbocycles. The third-order valence-electron chi connectivity index (χ3n) is 2.17. The Bertz CT molecular complexity index is 368. The van der Waals surface area contributed by atoms with Gasteiger partial charge in [-0.05, 0) is 18.4 Å². The van der Waals surface area contributed by atoms with Crippen LogP contribution in [0, 0.1) is 10.1 Å². The Labute approximate surface area is 96.2 Å². The van der Waals surface area contributed by atoms with Crippen LogP contribution < -0.4 is 0 Å². The molecular weight excluding hydrogens is 262 g/mol. The zero-order chi connectivity index (χ0) is 11.4. The van der Waals surface area contributed by atoms with Crippen molar-refractivity contribution in [1.82, 2.24) is 0 Å². The molecule has 0 spiro atoms. The van der Waals surface area contributed by atoms with Gasteiger partial charge in [0.05, 0.1) is 11.0 Å². The van der Waals surface area contributed by atoms with Crippen molar-refractivity contribution in [2.24, 2.45) is 0 Å². The van der Waals surface area contributed by atoms with Crippen molar-refractivity contribution in [3.05, 3.63) is 38.3 Å². The van der Waals surface area contributed by atoms with E-state index in [-0.39, 0.29) is 5.69 Å². The van der Waals surface area contributed by atoms with Gasteiger partial charge in [-0.3, -0.25) is 10.1 Å². The number of nitro groups is 1. The monoisotopic (exact) mass is 273 g/mol. The molecule has 1 unspecified atom stereocenters. The van der Waals surface area contributed by atoms with Crippen LogP contribution in [0.3, 0.4) is 0 Å². The molecule has 0 radical (unpaired) electrons. The summed E-state index contributed by atoms with van der Waals surface area (Å²) >= 11 is 3.26. The fraction of sp³-hybridized carbons (Fsp3) is 0.400. The lowest BCUT2D eigenvalue weighted by Crippen LogP contribution is -2.08. The van der Waals surface area contributed by atoms with Crippen LogP contribution >= 0.6 is 15.9 Å². The summed E-state index contributed by atoms with van der Waals surface area (Å²) < 4.78 is 0.671. The molecule has 0 saturated heterocycles. The average molecular weight is 274 g/mol. The SMILES string of the molecule is CCC(O)Cc1ccc([N+](=O)[O-])cc1Br. The lowest BCUT2D eigenvalue weighted by Gasteiger charge is -2.08. The Balaban J connectivity index is 2.88. The zero-order valence-corrected chi connectivity index (χ0v) is 9.90. The molecule has 0 heterocycles. The Morgan fingerprint density at radius 3 is 2.73 bits per heavy atom. The third kappa shape index (κ3) is 3.28. The molecule has 5 heteroatoms. The topological polar surface area (TPSA) is 63.4 Å². The smallest absolute Gasteiger partial charge is 0.270 e. The second kappa shape index (κ2) is 5.23. The van der Waals surface area contributed by atoms with Crippen LogP contribution in [-0.4, -0.2) is 16.1 Å². The number of halogens is 1. The first-order chi connectivity index (χ1) is 7.04. The fourth-order valence-electron chi connectivity index (χ4n) is 1.21. The quantitative estimate of drug-likeness (QED) is 0.678. The summed E-state index contributed by atoms with van der Waals surface area (Å²) in [6.45, 7) is 1.89. The van der Waals surface area contributed by atoms with Crippen LogP contribution in [0.15, 0.2) is 22.7 Å². The predicted molar refractivity (Wildman–Crippen MR) is 60.8 cm³/mol. The molecule has 0 bridgehead atoms. The molecule has 1 N–H and O–H groups in total. The first-order valence-corrected chi connectivity index (χ1v) is 5.44. The van der Waals surface area contributed by atoms with Crippen molar-refractivity contribution in [1.29, 1.82) is 0 Å². The molecular formula is C10H12BrNO3. The van der Waals surface area contributed by atoms with E-state index in [1.54, 1.807) is 6.07 Å². The number of nitro benzene ring substituents is 1. The molecule has 0 aliphatic rings. The van der Waals surface area contributed by atoms with Crippen LogP contribution in [0.25, 0.3) is 0 Å². The Hall–Kier alpha value is -0.940. The molecule has 0 aliphatic heterocycles. The van der Waals surface area contributed by atoms with Gasteiger partial charge < -0.3 is 5.11 Å². The van der Waals surface area contributed by atoms with Crippen molar-refractivity contribution in [2.75, 3.05) is 0 Å². The molecule has 15 heavy (non-hydrogen) atoms. The third-order valence-corrected chi connectivity index (χ3v) is 2.91. The first kappa shape index (κ1) is 12.1. The van der Waals surface area contributed by atoms with E-state index in [1.165, 1.54) is 12.1 Å². The Morgan fingerprint density at radius 2 is 2.27 bits per heavy atom. The largest absolute Gasteiger partial charge is 0.393 e. The van der Waals surface area contributed by atoms with Crippen molar-refractivity contribution in [3.8, 4) is 0 Å². The molecule has 1 atom stereocenters. The van der Waals surface area contributed by atoms with E-state index in [2.05, 4.69) is 15.9 Å². The van der Waals surface area contributed by atoms with E-state index in [0.717, 1.165) is 5.56 Å². The highest BCUT2D eigenvalue weighted by Crippen LogP contribution is 2.24.